The molecular formula is C23H19BrN6OS. The minimum absolute atomic E-state index is 0.146. The van der Waals surface area contributed by atoms with Crippen molar-refractivity contribution in [1.29, 1.82) is 0 Å². The smallest absolute Gasteiger partial charge is 0.250 e. The number of halogens is 1. The molecular weight excluding hydrogens is 488 g/mol. The van der Waals surface area contributed by atoms with Crippen LogP contribution in [0.5, 0.6) is 0 Å². The number of hydrazone groups is 1. The lowest BCUT2D eigenvalue weighted by Crippen LogP contribution is -2.20. The van der Waals surface area contributed by atoms with Gasteiger partial charge in [0.15, 0.2) is 11.0 Å². The quantitative estimate of drug-likeness (QED) is 0.224. The molecule has 0 aliphatic rings. The Morgan fingerprint density at radius 3 is 2.59 bits per heavy atom. The molecule has 160 valence electrons. The van der Waals surface area contributed by atoms with Gasteiger partial charge in [0.25, 0.3) is 5.91 Å². The normalized spacial score (nSPS) is 11.1. The molecule has 1 N–H and O–H groups in total. The van der Waals surface area contributed by atoms with Crippen molar-refractivity contribution in [3.05, 3.63) is 88.7 Å². The summed E-state index contributed by atoms with van der Waals surface area (Å²) in [6.45, 7) is 2.04. The number of pyridine rings is 1. The molecule has 0 saturated heterocycles. The SMILES string of the molecule is Cc1ccc(-n2c(SCC(=O)NN=Cc3ccccc3Br)nnc2-c2ccncc2)cc1. The number of carbonyl (C=O) groups is 1. The first-order valence-electron chi connectivity index (χ1n) is 9.74. The van der Waals surface area contributed by atoms with E-state index in [1.165, 1.54) is 11.8 Å². The van der Waals surface area contributed by atoms with Crippen LogP contribution in [0.3, 0.4) is 0 Å². The molecule has 1 amide bonds. The van der Waals surface area contributed by atoms with E-state index in [9.17, 15) is 4.79 Å². The van der Waals surface area contributed by atoms with Gasteiger partial charge in [0, 0.05) is 33.7 Å². The van der Waals surface area contributed by atoms with Gasteiger partial charge < -0.3 is 0 Å². The summed E-state index contributed by atoms with van der Waals surface area (Å²) < 4.78 is 2.85. The van der Waals surface area contributed by atoms with Gasteiger partial charge in [-0.15, -0.1) is 10.2 Å². The van der Waals surface area contributed by atoms with E-state index in [2.05, 4.69) is 41.6 Å². The molecule has 0 bridgehead atoms. The number of nitrogens with one attached hydrogen (secondary N) is 1. The summed E-state index contributed by atoms with van der Waals surface area (Å²) in [5.74, 6) is 0.599. The maximum Gasteiger partial charge on any atom is 0.250 e. The van der Waals surface area contributed by atoms with Crippen LogP contribution in [-0.4, -0.2) is 37.6 Å². The first kappa shape index (κ1) is 21.9. The lowest BCUT2D eigenvalue weighted by Gasteiger charge is -2.10. The monoisotopic (exact) mass is 506 g/mol. The van der Waals surface area contributed by atoms with Crippen LogP contribution >= 0.6 is 27.7 Å². The van der Waals surface area contributed by atoms with E-state index in [0.29, 0.717) is 11.0 Å². The topological polar surface area (TPSA) is 85.1 Å². The Morgan fingerprint density at radius 1 is 1.09 bits per heavy atom. The maximum absolute atomic E-state index is 12.3. The number of aromatic nitrogens is 4. The summed E-state index contributed by atoms with van der Waals surface area (Å²) in [5.41, 5.74) is 6.40. The minimum Gasteiger partial charge on any atom is -0.272 e. The van der Waals surface area contributed by atoms with Crippen molar-refractivity contribution in [2.24, 2.45) is 5.10 Å². The Balaban J connectivity index is 1.51. The molecule has 7 nitrogen and oxygen atoms in total. The van der Waals surface area contributed by atoms with E-state index in [4.69, 9.17) is 0 Å². The predicted octanol–water partition coefficient (Wildman–Crippen LogP) is 4.64. The van der Waals surface area contributed by atoms with Crippen molar-refractivity contribution in [2.45, 2.75) is 12.1 Å². The van der Waals surface area contributed by atoms with Gasteiger partial charge in [0.1, 0.15) is 0 Å². The van der Waals surface area contributed by atoms with Crippen LogP contribution in [0, 0.1) is 6.92 Å². The van der Waals surface area contributed by atoms with Crippen molar-refractivity contribution in [3.8, 4) is 17.1 Å². The van der Waals surface area contributed by atoms with Crippen LogP contribution in [0.4, 0.5) is 0 Å². The zero-order chi connectivity index (χ0) is 22.3. The highest BCUT2D eigenvalue weighted by Crippen LogP contribution is 2.27. The molecule has 0 radical (unpaired) electrons. The lowest BCUT2D eigenvalue weighted by atomic mass is 10.2. The third-order valence-electron chi connectivity index (χ3n) is 4.49. The first-order valence-corrected chi connectivity index (χ1v) is 11.5. The minimum atomic E-state index is -0.234. The largest absolute Gasteiger partial charge is 0.272 e. The fourth-order valence-electron chi connectivity index (χ4n) is 2.89. The van der Waals surface area contributed by atoms with E-state index in [1.807, 2.05) is 72.2 Å². The molecule has 2 aromatic heterocycles. The highest BCUT2D eigenvalue weighted by Gasteiger charge is 2.17. The summed E-state index contributed by atoms with van der Waals surface area (Å²) in [6, 6.07) is 19.5. The van der Waals surface area contributed by atoms with Crippen molar-refractivity contribution in [2.75, 3.05) is 5.75 Å². The maximum atomic E-state index is 12.3. The standard InChI is InChI=1S/C23H19BrN6OS/c1-16-6-8-19(9-7-16)30-22(17-10-12-25-13-11-17)28-29-23(30)32-15-21(31)27-26-14-18-4-2-3-5-20(18)24/h2-14H,15H2,1H3,(H,27,31). The Kier molecular flexibility index (Phi) is 7.08. The Labute approximate surface area is 198 Å². The summed E-state index contributed by atoms with van der Waals surface area (Å²) in [6.07, 6.45) is 5.03. The summed E-state index contributed by atoms with van der Waals surface area (Å²) in [5, 5.41) is 13.4. The third kappa shape index (κ3) is 5.30. The van der Waals surface area contributed by atoms with Gasteiger partial charge in [-0.05, 0) is 37.3 Å². The van der Waals surface area contributed by atoms with Gasteiger partial charge in [0.2, 0.25) is 0 Å². The van der Waals surface area contributed by atoms with E-state index in [-0.39, 0.29) is 11.7 Å². The fourth-order valence-corrected chi connectivity index (χ4v) is 4.03. The number of nitrogens with zero attached hydrogens (tertiary/aromatic N) is 5. The van der Waals surface area contributed by atoms with E-state index in [1.54, 1.807) is 18.6 Å². The van der Waals surface area contributed by atoms with Gasteiger partial charge in [-0.2, -0.15) is 5.10 Å². The highest BCUT2D eigenvalue weighted by molar-refractivity contribution is 9.10. The number of hydrogen-bond acceptors (Lipinski definition) is 6. The molecule has 2 aromatic carbocycles. The van der Waals surface area contributed by atoms with E-state index in [0.717, 1.165) is 26.9 Å². The van der Waals surface area contributed by atoms with Crippen LogP contribution in [0.1, 0.15) is 11.1 Å². The first-order chi connectivity index (χ1) is 15.6. The third-order valence-corrected chi connectivity index (χ3v) is 6.15. The lowest BCUT2D eigenvalue weighted by molar-refractivity contribution is -0.118. The molecule has 0 spiro atoms. The summed E-state index contributed by atoms with van der Waals surface area (Å²) in [4.78, 5) is 16.4. The second kappa shape index (κ2) is 10.3. The average molecular weight is 507 g/mol. The fraction of sp³-hybridized carbons (Fsp3) is 0.0870. The number of benzene rings is 2. The molecule has 4 rings (SSSR count). The molecule has 0 unspecified atom stereocenters. The molecule has 0 fully saturated rings. The average Bonchev–Trinajstić information content (AvgIpc) is 3.24. The van der Waals surface area contributed by atoms with Crippen LogP contribution in [0.2, 0.25) is 0 Å². The van der Waals surface area contributed by atoms with Crippen LogP contribution in [0.15, 0.2) is 87.8 Å². The second-order valence-electron chi connectivity index (χ2n) is 6.82. The summed E-state index contributed by atoms with van der Waals surface area (Å²) >= 11 is 4.75. The van der Waals surface area contributed by atoms with Gasteiger partial charge in [-0.1, -0.05) is 63.6 Å². The molecule has 0 aliphatic heterocycles. The van der Waals surface area contributed by atoms with E-state index >= 15 is 0 Å². The van der Waals surface area contributed by atoms with Crippen LogP contribution in [-0.2, 0) is 4.79 Å². The number of hydrogen-bond donors (Lipinski definition) is 1. The number of rotatable bonds is 7. The van der Waals surface area contributed by atoms with Crippen LogP contribution in [0.25, 0.3) is 17.1 Å². The predicted molar refractivity (Wildman–Crippen MR) is 130 cm³/mol. The zero-order valence-corrected chi connectivity index (χ0v) is 19.5. The highest BCUT2D eigenvalue weighted by atomic mass is 79.9. The molecule has 0 aliphatic carbocycles. The Bertz CT molecular complexity index is 1240. The molecule has 0 atom stereocenters. The van der Waals surface area contributed by atoms with Crippen molar-refractivity contribution >= 4 is 39.8 Å². The Morgan fingerprint density at radius 2 is 1.84 bits per heavy atom. The molecule has 4 aromatic rings. The molecule has 2 heterocycles. The van der Waals surface area contributed by atoms with E-state index < -0.39 is 0 Å². The number of thioether (sulfide) groups is 1. The van der Waals surface area contributed by atoms with Gasteiger partial charge >= 0.3 is 0 Å². The molecule has 9 heteroatoms. The Hall–Kier alpha value is -3.30. The molecule has 0 saturated carbocycles. The van der Waals surface area contributed by atoms with Gasteiger partial charge in [-0.25, -0.2) is 5.43 Å². The second-order valence-corrected chi connectivity index (χ2v) is 8.61. The number of carbonyl (C=O) groups excluding carboxylic acids is 1. The zero-order valence-electron chi connectivity index (χ0n) is 17.1. The number of amides is 1. The number of aryl methyl sites for hydroxylation is 1. The van der Waals surface area contributed by atoms with Crippen LogP contribution < -0.4 is 5.43 Å². The summed E-state index contributed by atoms with van der Waals surface area (Å²) in [7, 11) is 0. The van der Waals surface area contributed by atoms with Crippen molar-refractivity contribution in [1.82, 2.24) is 25.2 Å². The van der Waals surface area contributed by atoms with Crippen molar-refractivity contribution in [3.63, 3.8) is 0 Å². The van der Waals surface area contributed by atoms with Gasteiger partial charge in [-0.3, -0.25) is 14.3 Å². The van der Waals surface area contributed by atoms with Crippen molar-refractivity contribution < 1.29 is 4.79 Å². The molecule has 32 heavy (non-hydrogen) atoms. The van der Waals surface area contributed by atoms with Gasteiger partial charge in [0.05, 0.1) is 12.0 Å².